The largest absolute Gasteiger partial charge is 0.483 e. The number of carbonyl (C=O) groups is 1. The van der Waals surface area contributed by atoms with E-state index in [0.717, 1.165) is 10.6 Å². The number of carbonyl (C=O) groups excluding carboxylic acids is 1. The third kappa shape index (κ3) is 3.99. The Balaban J connectivity index is 1.97. The molecule has 0 unspecified atom stereocenters. The van der Waals surface area contributed by atoms with Gasteiger partial charge >= 0.3 is 0 Å². The summed E-state index contributed by atoms with van der Waals surface area (Å²) in [5.41, 5.74) is 7.13. The molecule has 1 heterocycles. The van der Waals surface area contributed by atoms with Gasteiger partial charge in [-0.25, -0.2) is 4.98 Å². The molecule has 3 N–H and O–H groups in total. The number of aromatic nitrogens is 1. The van der Waals surface area contributed by atoms with Gasteiger partial charge in [0.1, 0.15) is 10.7 Å². The molecule has 0 saturated heterocycles. The van der Waals surface area contributed by atoms with Gasteiger partial charge in [-0.05, 0) is 26.0 Å². The van der Waals surface area contributed by atoms with Gasteiger partial charge in [0.2, 0.25) is 0 Å². The van der Waals surface area contributed by atoms with Crippen LogP contribution < -0.4 is 15.8 Å². The third-order valence-electron chi connectivity index (χ3n) is 2.79. The molecule has 2 aromatic rings. The van der Waals surface area contributed by atoms with Gasteiger partial charge in [0, 0.05) is 4.88 Å². The summed E-state index contributed by atoms with van der Waals surface area (Å²) in [7, 11) is 0. The molecule has 21 heavy (non-hydrogen) atoms. The Bertz CT molecular complexity index is 663. The Hall–Kier alpha value is -1.99. The number of hydrogen-bond donors (Lipinski definition) is 2. The number of nitrogens with zero attached hydrogens (tertiary/aromatic N) is 1. The van der Waals surface area contributed by atoms with Gasteiger partial charge in [0.25, 0.3) is 5.91 Å². The number of aryl methyl sites for hydroxylation is 2. The first-order valence-corrected chi connectivity index (χ1v) is 7.45. The molecular formula is C14H15N3O2S2. The third-order valence-corrected chi connectivity index (χ3v) is 3.99. The van der Waals surface area contributed by atoms with Crippen LogP contribution in [-0.4, -0.2) is 22.5 Å². The van der Waals surface area contributed by atoms with Crippen molar-refractivity contribution in [3.63, 3.8) is 0 Å². The predicted octanol–water partition coefficient (Wildman–Crippen LogP) is 2.41. The maximum absolute atomic E-state index is 11.9. The standard InChI is InChI=1S/C14H15N3O2S2/c1-8-9(2)21-14(16-8)17-12(18)7-19-11-6-4-3-5-10(11)13(15)20/h3-6H,7H2,1-2H3,(H2,15,20)(H,16,17,18). The van der Waals surface area contributed by atoms with Gasteiger partial charge in [-0.2, -0.15) is 0 Å². The minimum Gasteiger partial charge on any atom is -0.483 e. The molecule has 0 fully saturated rings. The van der Waals surface area contributed by atoms with E-state index in [4.69, 9.17) is 22.7 Å². The molecule has 2 rings (SSSR count). The first kappa shape index (κ1) is 15.4. The molecule has 0 radical (unpaired) electrons. The number of rotatable bonds is 5. The number of benzene rings is 1. The second-order valence-electron chi connectivity index (χ2n) is 4.36. The zero-order chi connectivity index (χ0) is 15.4. The van der Waals surface area contributed by atoms with E-state index in [1.54, 1.807) is 18.2 Å². The lowest BCUT2D eigenvalue weighted by molar-refractivity contribution is -0.118. The van der Waals surface area contributed by atoms with E-state index in [-0.39, 0.29) is 17.5 Å². The van der Waals surface area contributed by atoms with Crippen LogP contribution >= 0.6 is 23.6 Å². The average molecular weight is 321 g/mol. The zero-order valence-corrected chi connectivity index (χ0v) is 13.3. The average Bonchev–Trinajstić information content (AvgIpc) is 2.75. The Kier molecular flexibility index (Phi) is 4.87. The molecule has 1 amide bonds. The molecule has 0 bridgehead atoms. The summed E-state index contributed by atoms with van der Waals surface area (Å²) in [6, 6.07) is 7.08. The summed E-state index contributed by atoms with van der Waals surface area (Å²) in [4.78, 5) is 17.4. The van der Waals surface area contributed by atoms with Crippen molar-refractivity contribution in [2.45, 2.75) is 13.8 Å². The van der Waals surface area contributed by atoms with Crippen LogP contribution in [0.3, 0.4) is 0 Å². The molecule has 1 aromatic heterocycles. The lowest BCUT2D eigenvalue weighted by Gasteiger charge is -2.09. The number of amides is 1. The van der Waals surface area contributed by atoms with Crippen molar-refractivity contribution >= 4 is 39.6 Å². The minimum atomic E-state index is -0.276. The topological polar surface area (TPSA) is 77.2 Å². The summed E-state index contributed by atoms with van der Waals surface area (Å²) in [5.74, 6) is 0.216. The highest BCUT2D eigenvalue weighted by atomic mass is 32.1. The predicted molar refractivity (Wildman–Crippen MR) is 88.0 cm³/mol. The molecule has 0 spiro atoms. The van der Waals surface area contributed by atoms with Crippen molar-refractivity contribution in [1.82, 2.24) is 4.98 Å². The second kappa shape index (κ2) is 6.64. The van der Waals surface area contributed by atoms with Crippen LogP contribution in [0.15, 0.2) is 24.3 Å². The number of thiazole rings is 1. The van der Waals surface area contributed by atoms with Gasteiger partial charge in [0.15, 0.2) is 11.7 Å². The van der Waals surface area contributed by atoms with Crippen LogP contribution in [0, 0.1) is 13.8 Å². The summed E-state index contributed by atoms with van der Waals surface area (Å²) >= 11 is 6.37. The number of hydrogen-bond acceptors (Lipinski definition) is 5. The first-order valence-electron chi connectivity index (χ1n) is 6.23. The molecule has 0 saturated carbocycles. The number of thiocarbonyl (C=S) groups is 1. The maximum atomic E-state index is 11.9. The minimum absolute atomic E-state index is 0.128. The summed E-state index contributed by atoms with van der Waals surface area (Å²) in [6.45, 7) is 3.73. The van der Waals surface area contributed by atoms with E-state index < -0.39 is 0 Å². The van der Waals surface area contributed by atoms with Crippen molar-refractivity contribution < 1.29 is 9.53 Å². The smallest absolute Gasteiger partial charge is 0.264 e. The van der Waals surface area contributed by atoms with Crippen LogP contribution in [0.4, 0.5) is 5.13 Å². The lowest BCUT2D eigenvalue weighted by Crippen LogP contribution is -2.21. The van der Waals surface area contributed by atoms with Crippen molar-refractivity contribution in [3.05, 3.63) is 40.4 Å². The molecule has 110 valence electrons. The Morgan fingerprint density at radius 2 is 2.14 bits per heavy atom. The lowest BCUT2D eigenvalue weighted by atomic mass is 10.2. The number of nitrogens with one attached hydrogen (secondary N) is 1. The van der Waals surface area contributed by atoms with Gasteiger partial charge in [-0.15, -0.1) is 11.3 Å². The Labute approximate surface area is 132 Å². The molecule has 0 aliphatic rings. The van der Waals surface area contributed by atoms with E-state index in [1.807, 2.05) is 19.9 Å². The molecule has 0 atom stereocenters. The fraction of sp³-hybridized carbons (Fsp3) is 0.214. The van der Waals surface area contributed by atoms with E-state index in [1.165, 1.54) is 11.3 Å². The monoisotopic (exact) mass is 321 g/mol. The van der Waals surface area contributed by atoms with Gasteiger partial charge in [-0.1, -0.05) is 24.4 Å². The van der Waals surface area contributed by atoms with Crippen LogP contribution in [0.2, 0.25) is 0 Å². The van der Waals surface area contributed by atoms with E-state index in [0.29, 0.717) is 16.4 Å². The Morgan fingerprint density at radius 1 is 1.43 bits per heavy atom. The van der Waals surface area contributed by atoms with Gasteiger partial charge in [0.05, 0.1) is 11.3 Å². The molecule has 5 nitrogen and oxygen atoms in total. The molecule has 1 aromatic carbocycles. The van der Waals surface area contributed by atoms with Gasteiger partial charge < -0.3 is 10.5 Å². The Morgan fingerprint density at radius 3 is 2.76 bits per heavy atom. The summed E-state index contributed by atoms with van der Waals surface area (Å²) in [5, 5.41) is 3.27. The SMILES string of the molecule is Cc1nc(NC(=O)COc2ccccc2C(N)=S)sc1C. The van der Waals surface area contributed by atoms with Crippen molar-refractivity contribution in [2.24, 2.45) is 5.73 Å². The number of nitrogens with two attached hydrogens (primary N) is 1. The maximum Gasteiger partial charge on any atom is 0.264 e. The van der Waals surface area contributed by atoms with E-state index in [9.17, 15) is 4.79 Å². The van der Waals surface area contributed by atoms with Crippen LogP contribution in [0.5, 0.6) is 5.75 Å². The van der Waals surface area contributed by atoms with E-state index in [2.05, 4.69) is 10.3 Å². The first-order chi connectivity index (χ1) is 9.97. The molecule has 0 aliphatic heterocycles. The van der Waals surface area contributed by atoms with Crippen LogP contribution in [0.1, 0.15) is 16.1 Å². The van der Waals surface area contributed by atoms with Gasteiger partial charge in [-0.3, -0.25) is 10.1 Å². The number of para-hydroxylation sites is 1. The number of ether oxygens (including phenoxy) is 1. The van der Waals surface area contributed by atoms with Crippen molar-refractivity contribution in [1.29, 1.82) is 0 Å². The highest BCUT2D eigenvalue weighted by Crippen LogP contribution is 2.21. The summed E-state index contributed by atoms with van der Waals surface area (Å²) < 4.78 is 5.47. The zero-order valence-electron chi connectivity index (χ0n) is 11.7. The highest BCUT2D eigenvalue weighted by molar-refractivity contribution is 7.80. The molecule has 7 heteroatoms. The fourth-order valence-electron chi connectivity index (χ4n) is 1.62. The quantitative estimate of drug-likeness (QED) is 0.827. The fourth-order valence-corrected chi connectivity index (χ4v) is 2.62. The van der Waals surface area contributed by atoms with Crippen molar-refractivity contribution in [3.8, 4) is 5.75 Å². The number of anilines is 1. The van der Waals surface area contributed by atoms with Crippen LogP contribution in [-0.2, 0) is 4.79 Å². The molecular weight excluding hydrogens is 306 g/mol. The van der Waals surface area contributed by atoms with Crippen LogP contribution in [0.25, 0.3) is 0 Å². The normalized spacial score (nSPS) is 10.2. The highest BCUT2D eigenvalue weighted by Gasteiger charge is 2.10. The molecule has 0 aliphatic carbocycles. The van der Waals surface area contributed by atoms with Crippen molar-refractivity contribution in [2.75, 3.05) is 11.9 Å². The van der Waals surface area contributed by atoms with E-state index >= 15 is 0 Å². The summed E-state index contributed by atoms with van der Waals surface area (Å²) in [6.07, 6.45) is 0. The second-order valence-corrected chi connectivity index (χ2v) is 6.00.